The lowest BCUT2D eigenvalue weighted by Gasteiger charge is -2.39. The lowest BCUT2D eigenvalue weighted by Crippen LogP contribution is -2.51. The molecule has 0 amide bonds. The van der Waals surface area contributed by atoms with Crippen molar-refractivity contribution < 1.29 is 4.74 Å². The van der Waals surface area contributed by atoms with Gasteiger partial charge in [0, 0.05) is 49.3 Å². The SMILES string of the molecule is c1csc(N2CCC(NC3CCCC4OCCC34)CC2)n1. The van der Waals surface area contributed by atoms with Crippen molar-refractivity contribution in [2.24, 2.45) is 5.92 Å². The first-order valence-corrected chi connectivity index (χ1v) is 9.30. The van der Waals surface area contributed by atoms with E-state index in [9.17, 15) is 0 Å². The first kappa shape index (κ1) is 14.0. The molecule has 4 rings (SSSR count). The minimum atomic E-state index is 0.548. The lowest BCUT2D eigenvalue weighted by atomic mass is 9.81. The Morgan fingerprint density at radius 3 is 2.90 bits per heavy atom. The van der Waals surface area contributed by atoms with E-state index in [4.69, 9.17) is 4.74 Å². The van der Waals surface area contributed by atoms with Gasteiger partial charge in [-0.15, -0.1) is 11.3 Å². The standard InChI is InChI=1S/C16H25N3OS/c1-2-14(13-6-10-20-15(13)3-1)18-12-4-8-19(9-5-12)16-17-7-11-21-16/h7,11-15,18H,1-6,8-10H2. The largest absolute Gasteiger partial charge is 0.378 e. The van der Waals surface area contributed by atoms with Crippen LogP contribution in [0.2, 0.25) is 0 Å². The zero-order valence-corrected chi connectivity index (χ0v) is 13.4. The third kappa shape index (κ3) is 2.96. The quantitative estimate of drug-likeness (QED) is 0.931. The predicted octanol–water partition coefficient (Wildman–Crippen LogP) is 2.66. The number of rotatable bonds is 3. The molecule has 3 fully saturated rings. The Balaban J connectivity index is 1.30. The van der Waals surface area contributed by atoms with Crippen LogP contribution in [0.4, 0.5) is 5.13 Å². The van der Waals surface area contributed by atoms with Crippen LogP contribution >= 0.6 is 11.3 Å². The Kier molecular flexibility index (Phi) is 4.14. The highest BCUT2D eigenvalue weighted by Gasteiger charge is 2.38. The second-order valence-electron chi connectivity index (χ2n) is 6.64. The maximum absolute atomic E-state index is 5.89. The minimum Gasteiger partial charge on any atom is -0.378 e. The van der Waals surface area contributed by atoms with Gasteiger partial charge in [-0.1, -0.05) is 0 Å². The summed E-state index contributed by atoms with van der Waals surface area (Å²) in [6.07, 6.45) is 10.2. The zero-order chi connectivity index (χ0) is 14.1. The highest BCUT2D eigenvalue weighted by atomic mass is 32.1. The van der Waals surface area contributed by atoms with Gasteiger partial charge in [0.15, 0.2) is 5.13 Å². The average molecular weight is 307 g/mol. The number of fused-ring (bicyclic) bond motifs is 1. The molecule has 2 aliphatic heterocycles. The zero-order valence-electron chi connectivity index (χ0n) is 12.5. The number of piperidine rings is 1. The highest BCUT2D eigenvalue weighted by molar-refractivity contribution is 7.13. The van der Waals surface area contributed by atoms with Crippen molar-refractivity contribution in [2.45, 2.75) is 56.7 Å². The summed E-state index contributed by atoms with van der Waals surface area (Å²) >= 11 is 1.76. The summed E-state index contributed by atoms with van der Waals surface area (Å²) in [5.74, 6) is 0.774. The van der Waals surface area contributed by atoms with Gasteiger partial charge in [0.25, 0.3) is 0 Å². The van der Waals surface area contributed by atoms with E-state index in [1.165, 1.54) is 43.7 Å². The number of anilines is 1. The van der Waals surface area contributed by atoms with E-state index in [-0.39, 0.29) is 0 Å². The van der Waals surface area contributed by atoms with Crippen molar-refractivity contribution >= 4 is 16.5 Å². The first-order valence-electron chi connectivity index (χ1n) is 8.42. The van der Waals surface area contributed by atoms with E-state index in [1.54, 1.807) is 11.3 Å². The number of aromatic nitrogens is 1. The summed E-state index contributed by atoms with van der Waals surface area (Å²) < 4.78 is 5.89. The number of thiazole rings is 1. The third-order valence-electron chi connectivity index (χ3n) is 5.42. The smallest absolute Gasteiger partial charge is 0.185 e. The molecule has 0 bridgehead atoms. The molecule has 2 saturated heterocycles. The van der Waals surface area contributed by atoms with Gasteiger partial charge in [0.2, 0.25) is 0 Å². The fraction of sp³-hybridized carbons (Fsp3) is 0.812. The number of hydrogen-bond donors (Lipinski definition) is 1. The normalized spacial score (nSPS) is 34.1. The third-order valence-corrected chi connectivity index (χ3v) is 6.25. The molecule has 116 valence electrons. The monoisotopic (exact) mass is 307 g/mol. The van der Waals surface area contributed by atoms with Crippen molar-refractivity contribution in [1.29, 1.82) is 0 Å². The van der Waals surface area contributed by atoms with Gasteiger partial charge in [0.1, 0.15) is 0 Å². The molecular formula is C16H25N3OS. The molecular weight excluding hydrogens is 282 g/mol. The molecule has 1 aromatic heterocycles. The Hall–Kier alpha value is -0.650. The van der Waals surface area contributed by atoms with E-state index in [0.29, 0.717) is 18.2 Å². The van der Waals surface area contributed by atoms with Gasteiger partial charge in [-0.05, 0) is 38.5 Å². The number of nitrogens with zero attached hydrogens (tertiary/aromatic N) is 2. The van der Waals surface area contributed by atoms with Gasteiger partial charge >= 0.3 is 0 Å². The molecule has 3 unspecified atom stereocenters. The van der Waals surface area contributed by atoms with Crippen LogP contribution in [0, 0.1) is 5.92 Å². The fourth-order valence-electron chi connectivity index (χ4n) is 4.29. The average Bonchev–Trinajstić information content (AvgIpc) is 3.20. The summed E-state index contributed by atoms with van der Waals surface area (Å²) in [4.78, 5) is 6.87. The maximum atomic E-state index is 5.89. The molecule has 1 N–H and O–H groups in total. The second-order valence-corrected chi connectivity index (χ2v) is 7.51. The number of nitrogens with one attached hydrogen (secondary N) is 1. The lowest BCUT2D eigenvalue weighted by molar-refractivity contribution is 0.0504. The van der Waals surface area contributed by atoms with Gasteiger partial charge in [-0.2, -0.15) is 0 Å². The fourth-order valence-corrected chi connectivity index (χ4v) is 4.99. The van der Waals surface area contributed by atoms with Gasteiger partial charge in [-0.3, -0.25) is 0 Å². The molecule has 1 aliphatic carbocycles. The van der Waals surface area contributed by atoms with Crippen molar-refractivity contribution in [2.75, 3.05) is 24.6 Å². The molecule has 3 heterocycles. The Bertz CT molecular complexity index is 444. The van der Waals surface area contributed by atoms with E-state index < -0.39 is 0 Å². The molecule has 4 nitrogen and oxygen atoms in total. The van der Waals surface area contributed by atoms with E-state index in [1.807, 2.05) is 6.20 Å². The first-order chi connectivity index (χ1) is 10.4. The van der Waals surface area contributed by atoms with Crippen LogP contribution in [-0.4, -0.2) is 42.9 Å². The van der Waals surface area contributed by atoms with E-state index >= 15 is 0 Å². The van der Waals surface area contributed by atoms with Gasteiger partial charge < -0.3 is 15.0 Å². The molecule has 1 saturated carbocycles. The molecule has 3 aliphatic rings. The van der Waals surface area contributed by atoms with Gasteiger partial charge in [-0.25, -0.2) is 4.98 Å². The van der Waals surface area contributed by atoms with E-state index in [2.05, 4.69) is 20.6 Å². The molecule has 0 aromatic carbocycles. The van der Waals surface area contributed by atoms with Crippen molar-refractivity contribution in [3.05, 3.63) is 11.6 Å². The highest BCUT2D eigenvalue weighted by Crippen LogP contribution is 2.35. The van der Waals surface area contributed by atoms with Crippen LogP contribution < -0.4 is 10.2 Å². The second kappa shape index (κ2) is 6.23. The Morgan fingerprint density at radius 1 is 1.19 bits per heavy atom. The predicted molar refractivity (Wildman–Crippen MR) is 86.0 cm³/mol. The number of ether oxygens (including phenoxy) is 1. The summed E-state index contributed by atoms with van der Waals surface area (Å²) in [5, 5.41) is 7.23. The Morgan fingerprint density at radius 2 is 2.10 bits per heavy atom. The topological polar surface area (TPSA) is 37.4 Å². The van der Waals surface area contributed by atoms with Crippen LogP contribution in [0.1, 0.15) is 38.5 Å². The molecule has 0 spiro atoms. The molecule has 0 radical (unpaired) electrons. The molecule has 21 heavy (non-hydrogen) atoms. The van der Waals surface area contributed by atoms with Crippen molar-refractivity contribution in [1.82, 2.24) is 10.3 Å². The summed E-state index contributed by atoms with van der Waals surface area (Å²) in [6.45, 7) is 3.26. The van der Waals surface area contributed by atoms with Crippen LogP contribution in [0.15, 0.2) is 11.6 Å². The summed E-state index contributed by atoms with van der Waals surface area (Å²) in [7, 11) is 0. The molecule has 3 atom stereocenters. The molecule has 1 aromatic rings. The van der Waals surface area contributed by atoms with Crippen molar-refractivity contribution in [3.63, 3.8) is 0 Å². The summed E-state index contributed by atoms with van der Waals surface area (Å²) in [6, 6.07) is 1.38. The van der Waals surface area contributed by atoms with Crippen molar-refractivity contribution in [3.8, 4) is 0 Å². The van der Waals surface area contributed by atoms with Crippen LogP contribution in [0.25, 0.3) is 0 Å². The van der Waals surface area contributed by atoms with Gasteiger partial charge in [0.05, 0.1) is 6.10 Å². The van der Waals surface area contributed by atoms with E-state index in [0.717, 1.165) is 25.6 Å². The maximum Gasteiger partial charge on any atom is 0.185 e. The number of hydrogen-bond acceptors (Lipinski definition) is 5. The minimum absolute atomic E-state index is 0.548. The Labute approximate surface area is 130 Å². The summed E-state index contributed by atoms with van der Waals surface area (Å²) in [5.41, 5.74) is 0. The van der Waals surface area contributed by atoms with Crippen LogP contribution in [-0.2, 0) is 4.74 Å². The van der Waals surface area contributed by atoms with Crippen LogP contribution in [0.3, 0.4) is 0 Å². The van der Waals surface area contributed by atoms with Crippen LogP contribution in [0.5, 0.6) is 0 Å². The molecule has 5 heteroatoms.